The summed E-state index contributed by atoms with van der Waals surface area (Å²) in [5.74, 6) is 1.25. The quantitative estimate of drug-likeness (QED) is 0.310. The van der Waals surface area contributed by atoms with Gasteiger partial charge in [-0.15, -0.1) is 0 Å². The SMILES string of the molecule is C[C@]12CC[C@@H]3c4ccc(O)cc4C(=O)[C@@H](CCCCOCCOCCOCc4ccccc4)[C@H]3[C@@H]1CC[C@@H]2O. The van der Waals surface area contributed by atoms with Crippen molar-refractivity contribution >= 4 is 5.78 Å². The second-order valence-electron chi connectivity index (χ2n) is 11.9. The van der Waals surface area contributed by atoms with E-state index >= 15 is 0 Å². The maximum Gasteiger partial charge on any atom is 0.166 e. The van der Waals surface area contributed by atoms with E-state index < -0.39 is 0 Å². The summed E-state index contributed by atoms with van der Waals surface area (Å²) >= 11 is 0. The molecule has 0 aromatic heterocycles. The first-order valence-corrected chi connectivity index (χ1v) is 14.8. The Morgan fingerprint density at radius 3 is 2.44 bits per heavy atom. The number of fused-ring (bicyclic) bond motifs is 5. The van der Waals surface area contributed by atoms with E-state index in [1.807, 2.05) is 36.4 Å². The van der Waals surface area contributed by atoms with Crippen molar-refractivity contribution in [2.45, 2.75) is 70.5 Å². The van der Waals surface area contributed by atoms with Crippen LogP contribution in [0.4, 0.5) is 0 Å². The molecule has 2 aromatic carbocycles. The lowest BCUT2D eigenvalue weighted by Gasteiger charge is -2.52. The Bertz CT molecular complexity index is 1090. The predicted octanol–water partition coefficient (Wildman–Crippen LogP) is 5.90. The van der Waals surface area contributed by atoms with Crippen LogP contribution in [0.3, 0.4) is 0 Å². The van der Waals surface area contributed by atoms with Gasteiger partial charge in [-0.1, -0.05) is 49.7 Å². The van der Waals surface area contributed by atoms with E-state index in [1.165, 1.54) is 0 Å². The Labute approximate surface area is 232 Å². The number of carbonyl (C=O) groups excluding carboxylic acids is 1. The molecule has 0 unspecified atom stereocenters. The van der Waals surface area contributed by atoms with Crippen LogP contribution in [0.2, 0.25) is 0 Å². The van der Waals surface area contributed by atoms with E-state index in [1.54, 1.807) is 12.1 Å². The van der Waals surface area contributed by atoms with Crippen molar-refractivity contribution in [1.82, 2.24) is 0 Å². The van der Waals surface area contributed by atoms with Gasteiger partial charge in [-0.25, -0.2) is 0 Å². The average molecular weight is 537 g/mol. The highest BCUT2D eigenvalue weighted by Gasteiger charge is 2.58. The fourth-order valence-corrected chi connectivity index (χ4v) is 7.64. The summed E-state index contributed by atoms with van der Waals surface area (Å²) in [6.45, 7) is 5.70. The van der Waals surface area contributed by atoms with E-state index in [-0.39, 0.29) is 34.9 Å². The second-order valence-corrected chi connectivity index (χ2v) is 11.9. The lowest BCUT2D eigenvalue weighted by molar-refractivity contribution is -0.0353. The molecule has 3 aliphatic rings. The van der Waals surface area contributed by atoms with E-state index in [0.29, 0.717) is 57.0 Å². The fraction of sp³-hybridized carbons (Fsp3) is 0.606. The number of phenolic OH excluding ortho intramolecular Hbond substituents is 1. The maximum absolute atomic E-state index is 13.8. The number of carbonyl (C=O) groups is 1. The van der Waals surface area contributed by atoms with E-state index in [0.717, 1.165) is 56.1 Å². The summed E-state index contributed by atoms with van der Waals surface area (Å²) in [5.41, 5.74) is 2.89. The molecule has 2 aromatic rings. The number of benzene rings is 2. The van der Waals surface area contributed by atoms with Crippen LogP contribution in [0.5, 0.6) is 5.75 Å². The largest absolute Gasteiger partial charge is 0.508 e. The lowest BCUT2D eigenvalue weighted by atomic mass is 9.51. The second kappa shape index (κ2) is 12.9. The van der Waals surface area contributed by atoms with Crippen molar-refractivity contribution in [3.8, 4) is 5.75 Å². The minimum Gasteiger partial charge on any atom is -0.508 e. The predicted molar refractivity (Wildman–Crippen MR) is 150 cm³/mol. The first-order chi connectivity index (χ1) is 19.0. The van der Waals surface area contributed by atoms with Crippen LogP contribution in [-0.2, 0) is 20.8 Å². The third-order valence-corrected chi connectivity index (χ3v) is 9.70. The number of ether oxygens (including phenoxy) is 3. The molecule has 0 aliphatic heterocycles. The van der Waals surface area contributed by atoms with Crippen LogP contribution in [0.25, 0.3) is 0 Å². The number of hydrogen-bond acceptors (Lipinski definition) is 6. The molecule has 6 atom stereocenters. The van der Waals surface area contributed by atoms with Crippen LogP contribution in [0.15, 0.2) is 48.5 Å². The number of aliphatic hydroxyl groups excluding tert-OH is 1. The minimum atomic E-state index is -0.272. The summed E-state index contributed by atoms with van der Waals surface area (Å²) in [5, 5.41) is 21.0. The monoisotopic (exact) mass is 536 g/mol. The Kier molecular flexibility index (Phi) is 9.39. The molecule has 0 heterocycles. The molecule has 212 valence electrons. The van der Waals surface area contributed by atoms with Gasteiger partial charge in [-0.3, -0.25) is 4.79 Å². The summed E-state index contributed by atoms with van der Waals surface area (Å²) in [7, 11) is 0. The molecule has 3 aliphatic carbocycles. The van der Waals surface area contributed by atoms with Gasteiger partial charge in [0, 0.05) is 18.1 Å². The third-order valence-electron chi connectivity index (χ3n) is 9.70. The van der Waals surface area contributed by atoms with Crippen LogP contribution in [-0.4, -0.2) is 55.1 Å². The molecule has 2 saturated carbocycles. The molecular formula is C33H44O6. The zero-order valence-corrected chi connectivity index (χ0v) is 23.2. The smallest absolute Gasteiger partial charge is 0.166 e. The minimum absolute atomic E-state index is 0.0570. The van der Waals surface area contributed by atoms with Crippen molar-refractivity contribution in [3.05, 3.63) is 65.2 Å². The number of phenols is 1. The summed E-state index contributed by atoms with van der Waals surface area (Å²) in [6, 6.07) is 15.5. The maximum atomic E-state index is 13.8. The van der Waals surface area contributed by atoms with Gasteiger partial charge in [0.05, 0.1) is 39.1 Å². The Hall–Kier alpha value is -2.25. The number of rotatable bonds is 13. The van der Waals surface area contributed by atoms with Crippen LogP contribution in [0.1, 0.15) is 79.3 Å². The Morgan fingerprint density at radius 1 is 0.897 bits per heavy atom. The molecule has 2 fully saturated rings. The zero-order chi connectivity index (χ0) is 27.2. The summed E-state index contributed by atoms with van der Waals surface area (Å²) in [4.78, 5) is 13.8. The molecule has 2 N–H and O–H groups in total. The van der Waals surface area contributed by atoms with Crippen LogP contribution >= 0.6 is 0 Å². The highest BCUT2D eigenvalue weighted by molar-refractivity contribution is 6.01. The summed E-state index contributed by atoms with van der Waals surface area (Å²) in [6.07, 6.45) is 6.21. The average Bonchev–Trinajstić information content (AvgIpc) is 3.25. The molecule has 0 bridgehead atoms. The molecule has 6 nitrogen and oxygen atoms in total. The van der Waals surface area contributed by atoms with Crippen molar-refractivity contribution in [3.63, 3.8) is 0 Å². The van der Waals surface area contributed by atoms with Crippen LogP contribution in [0, 0.1) is 23.2 Å². The first-order valence-electron chi connectivity index (χ1n) is 14.8. The molecule has 6 heteroatoms. The number of aliphatic hydroxyl groups is 1. The number of aromatic hydroxyl groups is 1. The lowest BCUT2D eigenvalue weighted by Crippen LogP contribution is -2.49. The van der Waals surface area contributed by atoms with Gasteiger partial charge in [-0.2, -0.15) is 0 Å². The van der Waals surface area contributed by atoms with Crippen molar-refractivity contribution < 1.29 is 29.2 Å². The zero-order valence-electron chi connectivity index (χ0n) is 23.2. The summed E-state index contributed by atoms with van der Waals surface area (Å²) < 4.78 is 17.0. The Morgan fingerprint density at radius 2 is 1.64 bits per heavy atom. The van der Waals surface area contributed by atoms with Crippen molar-refractivity contribution in [1.29, 1.82) is 0 Å². The van der Waals surface area contributed by atoms with Gasteiger partial charge in [0.15, 0.2) is 5.78 Å². The number of hydrogen-bond donors (Lipinski definition) is 2. The molecule has 0 radical (unpaired) electrons. The van der Waals surface area contributed by atoms with Crippen molar-refractivity contribution in [2.75, 3.05) is 33.0 Å². The topological polar surface area (TPSA) is 85.2 Å². The number of ketones is 1. The van der Waals surface area contributed by atoms with E-state index in [2.05, 4.69) is 6.92 Å². The third kappa shape index (κ3) is 6.25. The molecule has 39 heavy (non-hydrogen) atoms. The van der Waals surface area contributed by atoms with Gasteiger partial charge >= 0.3 is 0 Å². The standard InChI is InChI=1S/C33H44O6/c1-33-15-14-26-25-11-10-24(34)21-28(25)32(36)27(31(26)29(33)12-13-30(33)35)9-5-6-16-37-17-18-38-19-20-39-22-23-7-3-2-4-8-23/h2-4,7-8,10-11,21,26-27,29-31,34-35H,5-6,9,12-20,22H2,1H3/t26-,27+,29+,30+,31+,33+/m1/s1. The molecule has 0 amide bonds. The van der Waals surface area contributed by atoms with E-state index in [4.69, 9.17) is 14.2 Å². The number of Topliss-reactive ketones (excluding diaryl/α,β-unsaturated/α-hetero) is 1. The number of unbranched alkanes of at least 4 members (excludes halogenated alkanes) is 1. The molecule has 0 spiro atoms. The van der Waals surface area contributed by atoms with E-state index in [9.17, 15) is 15.0 Å². The fourth-order valence-electron chi connectivity index (χ4n) is 7.64. The Balaban J connectivity index is 1.06. The van der Waals surface area contributed by atoms with Gasteiger partial charge in [-0.05, 0) is 85.0 Å². The van der Waals surface area contributed by atoms with Crippen LogP contribution < -0.4 is 0 Å². The highest BCUT2D eigenvalue weighted by Crippen LogP contribution is 2.62. The normalized spacial score (nSPS) is 29.6. The van der Waals surface area contributed by atoms with Gasteiger partial charge in [0.25, 0.3) is 0 Å². The van der Waals surface area contributed by atoms with Gasteiger partial charge < -0.3 is 24.4 Å². The molecule has 0 saturated heterocycles. The van der Waals surface area contributed by atoms with Gasteiger partial charge in [0.2, 0.25) is 0 Å². The first kappa shape index (κ1) is 28.3. The van der Waals surface area contributed by atoms with Crippen molar-refractivity contribution in [2.24, 2.45) is 23.2 Å². The van der Waals surface area contributed by atoms with Gasteiger partial charge in [0.1, 0.15) is 5.75 Å². The molecular weight excluding hydrogens is 492 g/mol. The molecule has 5 rings (SSSR count). The highest BCUT2D eigenvalue weighted by atomic mass is 16.5.